The van der Waals surface area contributed by atoms with Crippen LogP contribution in [0.15, 0.2) is 24.3 Å². The molecule has 1 amide bonds. The fourth-order valence-corrected chi connectivity index (χ4v) is 2.18. The van der Waals surface area contributed by atoms with E-state index in [4.69, 9.17) is 4.74 Å². The lowest BCUT2D eigenvalue weighted by molar-refractivity contribution is -0.145. The summed E-state index contributed by atoms with van der Waals surface area (Å²) in [6.07, 6.45) is -0.112. The summed E-state index contributed by atoms with van der Waals surface area (Å²) in [5.74, 6) is -0.345. The highest BCUT2D eigenvalue weighted by Crippen LogP contribution is 2.13. The maximum Gasteiger partial charge on any atom is 0.308 e. The second kappa shape index (κ2) is 6.52. The van der Waals surface area contributed by atoms with E-state index in [2.05, 4.69) is 4.74 Å². The van der Waals surface area contributed by atoms with Gasteiger partial charge in [-0.2, -0.15) is 0 Å². The van der Waals surface area contributed by atoms with Crippen LogP contribution in [0.2, 0.25) is 0 Å². The Kier molecular flexibility index (Phi) is 4.74. The molecule has 0 N–H and O–H groups in total. The van der Waals surface area contributed by atoms with Gasteiger partial charge >= 0.3 is 5.97 Å². The van der Waals surface area contributed by atoms with Gasteiger partial charge in [-0.25, -0.2) is 0 Å². The summed E-state index contributed by atoms with van der Waals surface area (Å²) in [4.78, 5) is 25.3. The number of carbonyl (C=O) groups is 2. The second-order valence-corrected chi connectivity index (χ2v) is 4.89. The Balaban J connectivity index is 1.99. The zero-order valence-electron chi connectivity index (χ0n) is 11.8. The van der Waals surface area contributed by atoms with Crippen molar-refractivity contribution in [1.29, 1.82) is 0 Å². The molecular weight excluding hydrogens is 258 g/mol. The van der Waals surface area contributed by atoms with Crippen LogP contribution in [-0.2, 0) is 14.3 Å². The number of amides is 1. The minimum atomic E-state index is -0.320. The van der Waals surface area contributed by atoms with E-state index in [0.717, 1.165) is 5.56 Å². The first kappa shape index (κ1) is 14.5. The molecule has 0 aromatic heterocycles. The molecule has 1 heterocycles. The quantitative estimate of drug-likeness (QED) is 0.784. The average molecular weight is 277 g/mol. The summed E-state index contributed by atoms with van der Waals surface area (Å²) in [7, 11) is 1.35. The van der Waals surface area contributed by atoms with Gasteiger partial charge in [0.05, 0.1) is 26.2 Å². The fourth-order valence-electron chi connectivity index (χ4n) is 2.18. The number of carbonyl (C=O) groups excluding carboxylic acids is 2. The summed E-state index contributed by atoms with van der Waals surface area (Å²) in [6, 6.07) is 7.48. The van der Waals surface area contributed by atoms with Crippen molar-refractivity contribution in [3.63, 3.8) is 0 Å². The Hall–Kier alpha value is -1.88. The van der Waals surface area contributed by atoms with Crippen LogP contribution in [0.25, 0.3) is 0 Å². The summed E-state index contributed by atoms with van der Waals surface area (Å²) < 4.78 is 10.1. The van der Waals surface area contributed by atoms with Gasteiger partial charge in [0.2, 0.25) is 0 Å². The number of benzene rings is 1. The van der Waals surface area contributed by atoms with Crippen LogP contribution in [0.5, 0.6) is 0 Å². The zero-order valence-corrected chi connectivity index (χ0v) is 11.8. The average Bonchev–Trinajstić information content (AvgIpc) is 2.47. The van der Waals surface area contributed by atoms with Crippen molar-refractivity contribution in [3.8, 4) is 0 Å². The predicted octanol–water partition coefficient (Wildman–Crippen LogP) is 1.40. The maximum absolute atomic E-state index is 12.4. The zero-order chi connectivity index (χ0) is 14.5. The van der Waals surface area contributed by atoms with Crippen LogP contribution in [-0.4, -0.2) is 49.7 Å². The first-order valence-corrected chi connectivity index (χ1v) is 6.64. The lowest BCUT2D eigenvalue weighted by Gasteiger charge is -2.32. The molecule has 0 spiro atoms. The highest BCUT2D eigenvalue weighted by atomic mass is 16.5. The molecule has 1 atom stereocenters. The van der Waals surface area contributed by atoms with E-state index < -0.39 is 0 Å². The van der Waals surface area contributed by atoms with Crippen LogP contribution in [0.1, 0.15) is 22.3 Å². The molecule has 20 heavy (non-hydrogen) atoms. The normalized spacial score (nSPS) is 18.7. The van der Waals surface area contributed by atoms with Crippen LogP contribution < -0.4 is 0 Å². The molecule has 0 aliphatic carbocycles. The molecule has 1 aromatic rings. The molecule has 2 rings (SSSR count). The third-order valence-electron chi connectivity index (χ3n) is 3.35. The van der Waals surface area contributed by atoms with E-state index in [0.29, 0.717) is 25.3 Å². The van der Waals surface area contributed by atoms with E-state index in [9.17, 15) is 9.59 Å². The van der Waals surface area contributed by atoms with Gasteiger partial charge in [-0.15, -0.1) is 0 Å². The van der Waals surface area contributed by atoms with Gasteiger partial charge in [0.1, 0.15) is 0 Å². The Bertz CT molecular complexity index is 483. The SMILES string of the molecule is COC(=O)CC1CN(C(=O)c2ccc(C)cc2)CCO1. The summed E-state index contributed by atoms with van der Waals surface area (Å²) in [6.45, 7) is 3.39. The van der Waals surface area contributed by atoms with E-state index >= 15 is 0 Å². The standard InChI is InChI=1S/C15H19NO4/c1-11-3-5-12(6-4-11)15(18)16-7-8-20-13(10-16)9-14(17)19-2/h3-6,13H,7-10H2,1-2H3. The summed E-state index contributed by atoms with van der Waals surface area (Å²) in [5.41, 5.74) is 1.78. The molecule has 1 fully saturated rings. The number of nitrogens with zero attached hydrogens (tertiary/aromatic N) is 1. The monoisotopic (exact) mass is 277 g/mol. The van der Waals surface area contributed by atoms with Crippen molar-refractivity contribution in [2.24, 2.45) is 0 Å². The van der Waals surface area contributed by atoms with Crippen LogP contribution in [0.4, 0.5) is 0 Å². The Morgan fingerprint density at radius 2 is 2.05 bits per heavy atom. The molecule has 108 valence electrons. The third kappa shape index (κ3) is 3.57. The summed E-state index contributed by atoms with van der Waals surface area (Å²) >= 11 is 0. The number of hydrogen-bond donors (Lipinski definition) is 0. The number of rotatable bonds is 3. The molecule has 1 saturated heterocycles. The fraction of sp³-hybridized carbons (Fsp3) is 0.467. The number of hydrogen-bond acceptors (Lipinski definition) is 4. The highest BCUT2D eigenvalue weighted by molar-refractivity contribution is 5.94. The number of morpholine rings is 1. The summed E-state index contributed by atoms with van der Waals surface area (Å²) in [5, 5.41) is 0. The topological polar surface area (TPSA) is 55.8 Å². The molecule has 1 aromatic carbocycles. The van der Waals surface area contributed by atoms with Crippen molar-refractivity contribution >= 4 is 11.9 Å². The van der Waals surface area contributed by atoms with Gasteiger partial charge in [-0.05, 0) is 19.1 Å². The van der Waals surface area contributed by atoms with Gasteiger partial charge in [-0.1, -0.05) is 17.7 Å². The minimum absolute atomic E-state index is 0.0248. The molecule has 0 bridgehead atoms. The van der Waals surface area contributed by atoms with Gasteiger partial charge in [0, 0.05) is 18.7 Å². The number of esters is 1. The molecular formula is C15H19NO4. The Labute approximate surface area is 118 Å². The van der Waals surface area contributed by atoms with Gasteiger partial charge in [-0.3, -0.25) is 9.59 Å². The van der Waals surface area contributed by atoms with Crippen molar-refractivity contribution in [2.75, 3.05) is 26.8 Å². The number of methoxy groups -OCH3 is 1. The Morgan fingerprint density at radius 3 is 2.70 bits per heavy atom. The smallest absolute Gasteiger partial charge is 0.308 e. The van der Waals surface area contributed by atoms with E-state index in [1.165, 1.54) is 7.11 Å². The molecule has 0 saturated carbocycles. The van der Waals surface area contributed by atoms with Gasteiger partial charge in [0.25, 0.3) is 5.91 Å². The molecule has 5 heteroatoms. The van der Waals surface area contributed by atoms with Gasteiger partial charge < -0.3 is 14.4 Å². The second-order valence-electron chi connectivity index (χ2n) is 4.89. The number of aryl methyl sites for hydroxylation is 1. The van der Waals surface area contributed by atoms with E-state index in [-0.39, 0.29) is 24.4 Å². The first-order chi connectivity index (χ1) is 9.60. The van der Waals surface area contributed by atoms with Crippen molar-refractivity contribution < 1.29 is 19.1 Å². The molecule has 5 nitrogen and oxygen atoms in total. The largest absolute Gasteiger partial charge is 0.469 e. The van der Waals surface area contributed by atoms with Crippen LogP contribution in [0.3, 0.4) is 0 Å². The van der Waals surface area contributed by atoms with E-state index in [1.54, 1.807) is 4.90 Å². The maximum atomic E-state index is 12.4. The minimum Gasteiger partial charge on any atom is -0.469 e. The molecule has 0 radical (unpaired) electrons. The van der Waals surface area contributed by atoms with Crippen LogP contribution >= 0.6 is 0 Å². The van der Waals surface area contributed by atoms with Gasteiger partial charge in [0.15, 0.2) is 0 Å². The van der Waals surface area contributed by atoms with Crippen molar-refractivity contribution in [3.05, 3.63) is 35.4 Å². The van der Waals surface area contributed by atoms with Crippen molar-refractivity contribution in [1.82, 2.24) is 4.90 Å². The lowest BCUT2D eigenvalue weighted by atomic mass is 10.1. The first-order valence-electron chi connectivity index (χ1n) is 6.64. The number of ether oxygens (including phenoxy) is 2. The Morgan fingerprint density at radius 1 is 1.35 bits per heavy atom. The lowest BCUT2D eigenvalue weighted by Crippen LogP contribution is -2.46. The van der Waals surface area contributed by atoms with Crippen molar-refractivity contribution in [2.45, 2.75) is 19.4 Å². The van der Waals surface area contributed by atoms with E-state index in [1.807, 2.05) is 31.2 Å². The van der Waals surface area contributed by atoms with Crippen LogP contribution in [0, 0.1) is 6.92 Å². The predicted molar refractivity (Wildman–Crippen MR) is 73.5 cm³/mol. The highest BCUT2D eigenvalue weighted by Gasteiger charge is 2.26. The third-order valence-corrected chi connectivity index (χ3v) is 3.35. The molecule has 1 aliphatic rings. The molecule has 1 aliphatic heterocycles. The molecule has 1 unspecified atom stereocenters.